The van der Waals surface area contributed by atoms with Gasteiger partial charge in [0.05, 0.1) is 0 Å². The number of allylic oxidation sites excluding steroid dienone is 4. The predicted molar refractivity (Wildman–Crippen MR) is 68.6 cm³/mol. The van der Waals surface area contributed by atoms with E-state index in [1.54, 1.807) is 6.08 Å². The molecule has 2 atom stereocenters. The average molecular weight is 225 g/mol. The van der Waals surface area contributed by atoms with Crippen molar-refractivity contribution in [3.05, 3.63) is 36.2 Å². The van der Waals surface area contributed by atoms with Crippen LogP contribution in [0.3, 0.4) is 0 Å². The van der Waals surface area contributed by atoms with Crippen molar-refractivity contribution in [2.45, 2.75) is 25.5 Å². The van der Waals surface area contributed by atoms with Crippen LogP contribution in [0.1, 0.15) is 19.3 Å². The summed E-state index contributed by atoms with van der Waals surface area (Å²) in [5.74, 6) is 0. The third-order valence-corrected chi connectivity index (χ3v) is 2.91. The van der Waals surface area contributed by atoms with Crippen molar-refractivity contribution in [2.75, 3.05) is 13.1 Å². The Labute approximate surface area is 94.6 Å². The molecule has 1 fully saturated rings. The molecule has 1 aliphatic rings. The Kier molecular flexibility index (Phi) is 5.85. The molecule has 1 aliphatic heterocycles. The van der Waals surface area contributed by atoms with E-state index in [1.165, 1.54) is 12.8 Å². The molecule has 2 nitrogen and oxygen atoms in total. The molecule has 0 amide bonds. The summed E-state index contributed by atoms with van der Waals surface area (Å²) in [5.41, 5.74) is 0. The van der Waals surface area contributed by atoms with Crippen LogP contribution in [0.25, 0.3) is 0 Å². The van der Waals surface area contributed by atoms with E-state index in [1.807, 2.05) is 18.2 Å². The first kappa shape index (κ1) is 12.6. The highest BCUT2D eigenvalue weighted by molar-refractivity contribution is 7.22. The van der Waals surface area contributed by atoms with Gasteiger partial charge >= 0.3 is 0 Å². The molecule has 0 bridgehead atoms. The summed E-state index contributed by atoms with van der Waals surface area (Å²) >= 11 is 0. The zero-order valence-electron chi connectivity index (χ0n) is 9.10. The Morgan fingerprint density at radius 3 is 2.73 bits per heavy atom. The van der Waals surface area contributed by atoms with Gasteiger partial charge in [-0.3, -0.25) is 4.90 Å². The fraction of sp³-hybridized carbons (Fsp3) is 0.500. The van der Waals surface area contributed by atoms with Crippen molar-refractivity contribution in [1.82, 2.24) is 4.90 Å². The molecule has 0 radical (unpaired) electrons. The van der Waals surface area contributed by atoms with E-state index in [2.05, 4.69) is 20.7 Å². The quantitative estimate of drug-likeness (QED) is 0.573. The first-order valence-corrected chi connectivity index (χ1v) is 5.98. The topological polar surface area (TPSA) is 23.5 Å². The summed E-state index contributed by atoms with van der Waals surface area (Å²) in [6.45, 7) is 5.69. The molecule has 0 aliphatic carbocycles. The lowest BCUT2D eigenvalue weighted by molar-refractivity contribution is 0.0235. The van der Waals surface area contributed by atoms with Gasteiger partial charge in [-0.25, -0.2) is 0 Å². The molecule has 1 heterocycles. The van der Waals surface area contributed by atoms with Crippen molar-refractivity contribution < 1.29 is 5.11 Å². The fourth-order valence-corrected chi connectivity index (χ4v) is 1.98. The Balaban J connectivity index is 2.29. The summed E-state index contributed by atoms with van der Waals surface area (Å²) in [4.78, 5) is 2.13. The van der Waals surface area contributed by atoms with Crippen LogP contribution in [0, 0.1) is 0 Å². The van der Waals surface area contributed by atoms with Crippen LogP contribution < -0.4 is 0 Å². The monoisotopic (exact) mass is 225 g/mol. The van der Waals surface area contributed by atoms with E-state index in [4.69, 9.17) is 0 Å². The predicted octanol–water partition coefficient (Wildman–Crippen LogP) is 2.29. The van der Waals surface area contributed by atoms with Crippen molar-refractivity contribution >= 4 is 9.24 Å². The van der Waals surface area contributed by atoms with Gasteiger partial charge in [-0.1, -0.05) is 30.9 Å². The van der Waals surface area contributed by atoms with Gasteiger partial charge < -0.3 is 5.11 Å². The molecule has 2 unspecified atom stereocenters. The standard InChI is InChI=1S/C12H20NOP/c1-2-6-11(15)7-5-8-12(14)13-9-3-4-10-13/h2,5-7,12,14H,1,3-4,8-10,15H2/b7-5-,11-6+. The highest BCUT2D eigenvalue weighted by Crippen LogP contribution is 2.13. The number of aliphatic hydroxyl groups is 1. The van der Waals surface area contributed by atoms with E-state index in [0.717, 1.165) is 18.4 Å². The zero-order valence-corrected chi connectivity index (χ0v) is 10.3. The normalized spacial score (nSPS) is 21.1. The summed E-state index contributed by atoms with van der Waals surface area (Å²) in [6, 6.07) is 0. The molecule has 1 saturated heterocycles. The molecule has 0 aromatic carbocycles. The lowest BCUT2D eigenvalue weighted by Crippen LogP contribution is -2.31. The van der Waals surface area contributed by atoms with Crippen LogP contribution in [0.2, 0.25) is 0 Å². The van der Waals surface area contributed by atoms with Gasteiger partial charge in [0.2, 0.25) is 0 Å². The van der Waals surface area contributed by atoms with Crippen LogP contribution >= 0.6 is 9.24 Å². The minimum absolute atomic E-state index is 0.315. The number of hydrogen-bond donors (Lipinski definition) is 1. The lowest BCUT2D eigenvalue weighted by Gasteiger charge is -2.20. The van der Waals surface area contributed by atoms with Crippen LogP contribution in [0.5, 0.6) is 0 Å². The minimum atomic E-state index is -0.315. The van der Waals surface area contributed by atoms with Crippen molar-refractivity contribution in [3.8, 4) is 0 Å². The molecule has 15 heavy (non-hydrogen) atoms. The average Bonchev–Trinajstić information content (AvgIpc) is 2.70. The number of rotatable bonds is 5. The smallest absolute Gasteiger partial charge is 0.110 e. The summed E-state index contributed by atoms with van der Waals surface area (Å²) in [6.07, 6.45) is 10.5. The highest BCUT2D eigenvalue weighted by Gasteiger charge is 2.17. The first-order chi connectivity index (χ1) is 7.24. The van der Waals surface area contributed by atoms with Crippen LogP contribution in [0.4, 0.5) is 0 Å². The maximum Gasteiger partial charge on any atom is 0.110 e. The van der Waals surface area contributed by atoms with E-state index < -0.39 is 0 Å². The molecule has 0 aromatic rings. The van der Waals surface area contributed by atoms with Gasteiger partial charge in [-0.15, -0.1) is 9.24 Å². The summed E-state index contributed by atoms with van der Waals surface area (Å²) in [7, 11) is 2.63. The molecule has 1 N–H and O–H groups in total. The van der Waals surface area contributed by atoms with Gasteiger partial charge in [-0.2, -0.15) is 0 Å². The second-order valence-corrected chi connectivity index (χ2v) is 4.43. The van der Waals surface area contributed by atoms with Crippen LogP contribution in [-0.2, 0) is 0 Å². The number of aliphatic hydroxyl groups excluding tert-OH is 1. The Bertz CT molecular complexity index is 254. The van der Waals surface area contributed by atoms with Crippen molar-refractivity contribution in [3.63, 3.8) is 0 Å². The molecular weight excluding hydrogens is 205 g/mol. The van der Waals surface area contributed by atoms with Gasteiger partial charge in [-0.05, 0) is 18.2 Å². The molecule has 0 saturated carbocycles. The second kappa shape index (κ2) is 6.95. The molecule has 3 heteroatoms. The van der Waals surface area contributed by atoms with E-state index in [9.17, 15) is 5.11 Å². The van der Waals surface area contributed by atoms with Crippen LogP contribution in [0.15, 0.2) is 36.2 Å². The fourth-order valence-electron chi connectivity index (χ4n) is 1.71. The minimum Gasteiger partial charge on any atom is -0.378 e. The number of hydrogen-bond acceptors (Lipinski definition) is 2. The zero-order chi connectivity index (χ0) is 11.1. The van der Waals surface area contributed by atoms with E-state index in [0.29, 0.717) is 6.42 Å². The molecular formula is C12H20NOP. The second-order valence-electron chi connectivity index (χ2n) is 3.76. The Morgan fingerprint density at radius 1 is 1.47 bits per heavy atom. The lowest BCUT2D eigenvalue weighted by atomic mass is 10.3. The number of nitrogens with zero attached hydrogens (tertiary/aromatic N) is 1. The molecule has 0 spiro atoms. The molecule has 84 valence electrons. The Hall–Kier alpha value is -0.430. The summed E-state index contributed by atoms with van der Waals surface area (Å²) < 4.78 is 0. The first-order valence-electron chi connectivity index (χ1n) is 5.41. The molecule has 0 aromatic heterocycles. The van der Waals surface area contributed by atoms with E-state index >= 15 is 0 Å². The largest absolute Gasteiger partial charge is 0.378 e. The van der Waals surface area contributed by atoms with Crippen molar-refractivity contribution in [1.29, 1.82) is 0 Å². The van der Waals surface area contributed by atoms with Gasteiger partial charge in [0.15, 0.2) is 0 Å². The highest BCUT2D eigenvalue weighted by atomic mass is 31.0. The van der Waals surface area contributed by atoms with Gasteiger partial charge in [0.1, 0.15) is 6.23 Å². The third-order valence-electron chi connectivity index (χ3n) is 2.53. The third kappa shape index (κ3) is 4.74. The van der Waals surface area contributed by atoms with Crippen molar-refractivity contribution in [2.24, 2.45) is 0 Å². The number of likely N-dealkylation sites (tertiary alicyclic amines) is 1. The van der Waals surface area contributed by atoms with E-state index in [-0.39, 0.29) is 6.23 Å². The maximum absolute atomic E-state index is 9.82. The Morgan fingerprint density at radius 2 is 2.13 bits per heavy atom. The summed E-state index contributed by atoms with van der Waals surface area (Å²) in [5, 5.41) is 10.9. The van der Waals surface area contributed by atoms with Gasteiger partial charge in [0.25, 0.3) is 0 Å². The maximum atomic E-state index is 9.82. The molecule has 1 rings (SSSR count). The SMILES string of the molecule is C=C/C=C(P)\C=C/CC(O)N1CCCC1. The van der Waals surface area contributed by atoms with Crippen LogP contribution in [-0.4, -0.2) is 29.3 Å². The van der Waals surface area contributed by atoms with Gasteiger partial charge in [0, 0.05) is 19.5 Å².